The summed E-state index contributed by atoms with van der Waals surface area (Å²) >= 11 is 0. The molecule has 1 aliphatic heterocycles. The van der Waals surface area contributed by atoms with E-state index in [-0.39, 0.29) is 12.3 Å². The standard InChI is InChI=1S/C21H18N4O3/c1-12-16(3-2-7-22-12)21-23-20(24-28-21)14-4-5-17-15(9-14)10-18-13(11-19(26)27)6-8-25(17)18/h2-5,7,9-10,13H,6,8,11H2,1H3,(H,26,27)/t13-/m1/s1. The minimum Gasteiger partial charge on any atom is -0.481 e. The number of benzene rings is 1. The van der Waals surface area contributed by atoms with Gasteiger partial charge in [-0.2, -0.15) is 4.98 Å². The van der Waals surface area contributed by atoms with E-state index >= 15 is 0 Å². The number of aryl methyl sites for hydroxylation is 2. The molecule has 0 saturated heterocycles. The van der Waals surface area contributed by atoms with Crippen molar-refractivity contribution in [3.63, 3.8) is 0 Å². The number of nitrogens with zero attached hydrogens (tertiary/aromatic N) is 4. The Balaban J connectivity index is 1.51. The second kappa shape index (κ2) is 6.30. The molecule has 4 heterocycles. The Kier molecular flexibility index (Phi) is 3.75. The minimum atomic E-state index is -0.755. The zero-order valence-corrected chi connectivity index (χ0v) is 15.3. The lowest BCUT2D eigenvalue weighted by molar-refractivity contribution is -0.137. The van der Waals surface area contributed by atoms with Gasteiger partial charge in [0.1, 0.15) is 0 Å². The zero-order valence-electron chi connectivity index (χ0n) is 15.3. The van der Waals surface area contributed by atoms with Gasteiger partial charge in [-0.3, -0.25) is 9.78 Å². The average Bonchev–Trinajstić information content (AvgIpc) is 3.38. The molecule has 0 amide bonds. The van der Waals surface area contributed by atoms with E-state index in [4.69, 9.17) is 9.63 Å². The van der Waals surface area contributed by atoms with Gasteiger partial charge in [0, 0.05) is 46.5 Å². The number of fused-ring (bicyclic) bond motifs is 3. The maximum atomic E-state index is 11.1. The van der Waals surface area contributed by atoms with Crippen LogP contribution in [0.1, 0.15) is 30.1 Å². The lowest BCUT2D eigenvalue weighted by atomic mass is 10.0. The van der Waals surface area contributed by atoms with Crippen LogP contribution in [-0.4, -0.2) is 30.8 Å². The van der Waals surface area contributed by atoms with E-state index in [1.807, 2.05) is 37.3 Å². The van der Waals surface area contributed by atoms with Gasteiger partial charge in [0.15, 0.2) is 0 Å². The lowest BCUT2D eigenvalue weighted by Crippen LogP contribution is -2.02. The number of pyridine rings is 1. The van der Waals surface area contributed by atoms with Gasteiger partial charge >= 0.3 is 5.97 Å². The molecule has 1 aliphatic rings. The highest BCUT2D eigenvalue weighted by Gasteiger charge is 2.27. The second-order valence-corrected chi connectivity index (χ2v) is 7.14. The Hall–Kier alpha value is -3.48. The third-order valence-electron chi connectivity index (χ3n) is 5.40. The highest BCUT2D eigenvalue weighted by molar-refractivity contribution is 5.86. The summed E-state index contributed by atoms with van der Waals surface area (Å²) in [6.45, 7) is 2.75. The number of carbonyl (C=O) groups is 1. The summed E-state index contributed by atoms with van der Waals surface area (Å²) < 4.78 is 7.66. The number of aromatic nitrogens is 4. The van der Waals surface area contributed by atoms with E-state index < -0.39 is 5.97 Å². The highest BCUT2D eigenvalue weighted by atomic mass is 16.5. The number of hydrogen-bond acceptors (Lipinski definition) is 5. The van der Waals surface area contributed by atoms with Crippen molar-refractivity contribution in [2.24, 2.45) is 0 Å². The molecule has 28 heavy (non-hydrogen) atoms. The first-order valence-electron chi connectivity index (χ1n) is 9.21. The number of aliphatic carboxylic acids is 1. The van der Waals surface area contributed by atoms with Crippen LogP contribution >= 0.6 is 0 Å². The lowest BCUT2D eigenvalue weighted by Gasteiger charge is -2.04. The molecule has 0 spiro atoms. The van der Waals surface area contributed by atoms with E-state index in [2.05, 4.69) is 25.8 Å². The van der Waals surface area contributed by atoms with E-state index in [1.54, 1.807) is 6.20 Å². The number of hydrogen-bond donors (Lipinski definition) is 1. The third-order valence-corrected chi connectivity index (χ3v) is 5.40. The second-order valence-electron chi connectivity index (χ2n) is 7.14. The molecule has 7 nitrogen and oxygen atoms in total. The first-order valence-corrected chi connectivity index (χ1v) is 9.21. The molecule has 3 aromatic heterocycles. The fraction of sp³-hybridized carbons (Fsp3) is 0.238. The largest absolute Gasteiger partial charge is 0.481 e. The van der Waals surface area contributed by atoms with Gasteiger partial charge in [0.05, 0.1) is 12.0 Å². The maximum absolute atomic E-state index is 11.1. The molecule has 7 heteroatoms. The summed E-state index contributed by atoms with van der Waals surface area (Å²) in [7, 11) is 0. The molecule has 0 fully saturated rings. The van der Waals surface area contributed by atoms with Crippen LogP contribution < -0.4 is 0 Å². The van der Waals surface area contributed by atoms with Gasteiger partial charge in [-0.05, 0) is 49.7 Å². The van der Waals surface area contributed by atoms with Crippen LogP contribution in [0.5, 0.6) is 0 Å². The Morgan fingerprint density at radius 3 is 3.04 bits per heavy atom. The minimum absolute atomic E-state index is 0.0682. The van der Waals surface area contributed by atoms with E-state index in [1.165, 1.54) is 0 Å². The van der Waals surface area contributed by atoms with E-state index in [0.717, 1.165) is 46.4 Å². The number of carboxylic acid groups (broad SMARTS) is 1. The maximum Gasteiger partial charge on any atom is 0.304 e. The summed E-state index contributed by atoms with van der Waals surface area (Å²) in [5.74, 6) is 0.281. The van der Waals surface area contributed by atoms with Crippen molar-refractivity contribution in [2.45, 2.75) is 32.2 Å². The van der Waals surface area contributed by atoms with Crippen molar-refractivity contribution in [3.05, 3.63) is 54.0 Å². The van der Waals surface area contributed by atoms with E-state index in [0.29, 0.717) is 11.7 Å². The van der Waals surface area contributed by atoms with Crippen LogP contribution in [0.3, 0.4) is 0 Å². The highest BCUT2D eigenvalue weighted by Crippen LogP contribution is 2.37. The molecular weight excluding hydrogens is 356 g/mol. The molecule has 0 radical (unpaired) electrons. The van der Waals surface area contributed by atoms with Gasteiger partial charge in [-0.25, -0.2) is 0 Å². The molecule has 0 unspecified atom stereocenters. The van der Waals surface area contributed by atoms with Gasteiger partial charge in [0.25, 0.3) is 5.89 Å². The molecule has 0 aliphatic carbocycles. The normalized spacial score (nSPS) is 15.8. The molecule has 1 aromatic carbocycles. The van der Waals surface area contributed by atoms with Gasteiger partial charge < -0.3 is 14.2 Å². The zero-order chi connectivity index (χ0) is 19.3. The van der Waals surface area contributed by atoms with Crippen LogP contribution in [-0.2, 0) is 11.3 Å². The Morgan fingerprint density at radius 2 is 2.21 bits per heavy atom. The van der Waals surface area contributed by atoms with Gasteiger partial charge in [0.2, 0.25) is 5.82 Å². The van der Waals surface area contributed by atoms with Crippen molar-refractivity contribution in [1.82, 2.24) is 19.7 Å². The van der Waals surface area contributed by atoms with Crippen molar-refractivity contribution >= 4 is 16.9 Å². The van der Waals surface area contributed by atoms with Crippen molar-refractivity contribution < 1.29 is 14.4 Å². The van der Waals surface area contributed by atoms with Gasteiger partial charge in [-0.15, -0.1) is 0 Å². The quantitative estimate of drug-likeness (QED) is 0.580. The first kappa shape index (κ1) is 16.7. The molecule has 140 valence electrons. The third kappa shape index (κ3) is 2.67. The predicted octanol–water partition coefficient (Wildman–Crippen LogP) is 4.02. The van der Waals surface area contributed by atoms with Crippen molar-refractivity contribution in [1.29, 1.82) is 0 Å². The molecule has 4 aromatic rings. The molecular formula is C21H18N4O3. The van der Waals surface area contributed by atoms with Crippen LogP contribution in [0.2, 0.25) is 0 Å². The average molecular weight is 374 g/mol. The van der Waals surface area contributed by atoms with Crippen molar-refractivity contribution in [2.75, 3.05) is 0 Å². The Bertz CT molecular complexity index is 1210. The SMILES string of the molecule is Cc1ncccc1-c1nc(-c2ccc3c(c2)cc2n3CC[C@@H]2CC(=O)O)no1. The first-order chi connectivity index (χ1) is 13.6. The Labute approximate surface area is 160 Å². The monoisotopic (exact) mass is 374 g/mol. The van der Waals surface area contributed by atoms with E-state index in [9.17, 15) is 4.79 Å². The molecule has 0 bridgehead atoms. The smallest absolute Gasteiger partial charge is 0.304 e. The fourth-order valence-electron chi connectivity index (χ4n) is 4.03. The summed E-state index contributed by atoms with van der Waals surface area (Å²) in [4.78, 5) is 19.9. The Morgan fingerprint density at radius 1 is 1.32 bits per heavy atom. The molecule has 0 saturated carbocycles. The topological polar surface area (TPSA) is 94.0 Å². The fourth-order valence-corrected chi connectivity index (χ4v) is 4.03. The molecule has 1 atom stereocenters. The van der Waals surface area contributed by atoms with Gasteiger partial charge in [-0.1, -0.05) is 5.16 Å². The summed E-state index contributed by atoms with van der Waals surface area (Å²) in [5.41, 5.74) is 4.72. The summed E-state index contributed by atoms with van der Waals surface area (Å²) in [5, 5.41) is 14.3. The molecule has 5 rings (SSSR count). The van der Waals surface area contributed by atoms with Crippen LogP contribution in [0.4, 0.5) is 0 Å². The number of rotatable bonds is 4. The van der Waals surface area contributed by atoms with Crippen LogP contribution in [0, 0.1) is 6.92 Å². The summed E-state index contributed by atoms with van der Waals surface area (Å²) in [6.07, 6.45) is 2.77. The van der Waals surface area contributed by atoms with Crippen LogP contribution in [0.25, 0.3) is 33.7 Å². The summed E-state index contributed by atoms with van der Waals surface area (Å²) in [6, 6.07) is 11.9. The van der Waals surface area contributed by atoms with Crippen molar-refractivity contribution in [3.8, 4) is 22.8 Å². The predicted molar refractivity (Wildman–Crippen MR) is 103 cm³/mol. The number of carboxylic acids is 1. The molecule has 1 N–H and O–H groups in total. The van der Waals surface area contributed by atoms with Crippen LogP contribution in [0.15, 0.2) is 47.1 Å².